The summed E-state index contributed by atoms with van der Waals surface area (Å²) in [5.74, 6) is -0.773. The number of nitrogens with zero attached hydrogens (tertiary/aromatic N) is 1. The Hall–Kier alpha value is -2.41. The van der Waals surface area contributed by atoms with E-state index in [0.29, 0.717) is 6.54 Å². The molecule has 0 bridgehead atoms. The van der Waals surface area contributed by atoms with E-state index in [1.165, 1.54) is 17.4 Å². The number of nitrogens with one attached hydrogen (secondary N) is 1. The lowest BCUT2D eigenvalue weighted by Gasteiger charge is -2.06. The number of nitro benzene ring substituents is 1. The van der Waals surface area contributed by atoms with Crippen LogP contribution >= 0.6 is 11.3 Å². The van der Waals surface area contributed by atoms with Crippen LogP contribution in [0.25, 0.3) is 0 Å². The number of thiophene rings is 1. The Morgan fingerprint density at radius 2 is 2.20 bits per heavy atom. The number of hydrogen-bond donors (Lipinski definition) is 2. The molecular formula is C13H12N2O4S. The van der Waals surface area contributed by atoms with E-state index in [4.69, 9.17) is 0 Å². The van der Waals surface area contributed by atoms with Crippen LogP contribution in [0.15, 0.2) is 29.0 Å². The van der Waals surface area contributed by atoms with E-state index < -0.39 is 10.8 Å². The van der Waals surface area contributed by atoms with Gasteiger partial charge < -0.3 is 10.4 Å². The van der Waals surface area contributed by atoms with Gasteiger partial charge >= 0.3 is 0 Å². The molecule has 104 valence electrons. The summed E-state index contributed by atoms with van der Waals surface area (Å²) in [7, 11) is 0. The summed E-state index contributed by atoms with van der Waals surface area (Å²) in [6, 6.07) is 3.38. The van der Waals surface area contributed by atoms with Crippen LogP contribution in [0, 0.1) is 17.0 Å². The zero-order valence-corrected chi connectivity index (χ0v) is 11.4. The molecular weight excluding hydrogens is 280 g/mol. The maximum atomic E-state index is 12.0. The van der Waals surface area contributed by atoms with Crippen molar-refractivity contribution in [3.05, 3.63) is 55.8 Å². The number of amides is 1. The van der Waals surface area contributed by atoms with E-state index in [0.717, 1.165) is 23.3 Å². The van der Waals surface area contributed by atoms with Crippen molar-refractivity contribution in [3.8, 4) is 5.75 Å². The number of aryl methyl sites for hydroxylation is 1. The molecule has 0 aliphatic carbocycles. The van der Waals surface area contributed by atoms with Gasteiger partial charge in [0, 0.05) is 12.6 Å². The summed E-state index contributed by atoms with van der Waals surface area (Å²) < 4.78 is 0. The molecule has 2 aromatic rings. The van der Waals surface area contributed by atoms with Gasteiger partial charge in [0.1, 0.15) is 11.3 Å². The molecule has 0 aliphatic heterocycles. The molecule has 1 aromatic carbocycles. The second-order valence-electron chi connectivity index (χ2n) is 4.22. The highest BCUT2D eigenvalue weighted by Gasteiger charge is 2.20. The Balaban J connectivity index is 2.19. The first-order chi connectivity index (χ1) is 9.49. The Labute approximate surface area is 118 Å². The van der Waals surface area contributed by atoms with Gasteiger partial charge in [-0.1, -0.05) is 0 Å². The van der Waals surface area contributed by atoms with Crippen molar-refractivity contribution in [2.45, 2.75) is 13.5 Å². The maximum Gasteiger partial charge on any atom is 0.282 e. The molecule has 0 atom stereocenters. The molecule has 0 saturated heterocycles. The van der Waals surface area contributed by atoms with Crippen LogP contribution in [-0.2, 0) is 6.54 Å². The summed E-state index contributed by atoms with van der Waals surface area (Å²) in [6.07, 6.45) is 0. The van der Waals surface area contributed by atoms with Gasteiger partial charge in [0.05, 0.1) is 4.92 Å². The largest absolute Gasteiger partial charge is 0.508 e. The van der Waals surface area contributed by atoms with Crippen molar-refractivity contribution in [1.29, 1.82) is 0 Å². The van der Waals surface area contributed by atoms with Gasteiger partial charge in [-0.15, -0.1) is 0 Å². The number of phenolic OH excluding ortho intramolecular Hbond substituents is 1. The van der Waals surface area contributed by atoms with Crippen LogP contribution in [0.4, 0.5) is 5.69 Å². The molecule has 0 unspecified atom stereocenters. The number of phenols is 1. The number of hydrogen-bond acceptors (Lipinski definition) is 5. The van der Waals surface area contributed by atoms with E-state index in [-0.39, 0.29) is 17.0 Å². The summed E-state index contributed by atoms with van der Waals surface area (Å²) in [4.78, 5) is 22.2. The minimum atomic E-state index is -0.649. The van der Waals surface area contributed by atoms with Crippen LogP contribution in [0.3, 0.4) is 0 Å². The predicted octanol–water partition coefficient (Wildman–Crippen LogP) is 2.60. The molecule has 0 spiro atoms. The molecule has 20 heavy (non-hydrogen) atoms. The normalized spacial score (nSPS) is 10.2. The Morgan fingerprint density at radius 1 is 1.45 bits per heavy atom. The van der Waals surface area contributed by atoms with Crippen LogP contribution in [-0.4, -0.2) is 15.9 Å². The molecule has 1 amide bonds. The third kappa shape index (κ3) is 2.94. The van der Waals surface area contributed by atoms with Gasteiger partial charge in [-0.25, -0.2) is 0 Å². The second-order valence-corrected chi connectivity index (χ2v) is 4.96. The van der Waals surface area contributed by atoms with Crippen molar-refractivity contribution >= 4 is 22.9 Å². The minimum absolute atomic E-state index is 0.150. The number of benzene rings is 1. The highest BCUT2D eigenvalue weighted by molar-refractivity contribution is 7.08. The van der Waals surface area contributed by atoms with Gasteiger partial charge in [0.25, 0.3) is 11.6 Å². The van der Waals surface area contributed by atoms with E-state index in [1.54, 1.807) is 0 Å². The first kappa shape index (κ1) is 14.0. The quantitative estimate of drug-likeness (QED) is 0.669. The molecule has 2 rings (SSSR count). The number of rotatable bonds is 4. The molecule has 7 heteroatoms. The fraction of sp³-hybridized carbons (Fsp3) is 0.154. The topological polar surface area (TPSA) is 92.5 Å². The number of carbonyl (C=O) groups excluding carboxylic acids is 1. The molecule has 0 saturated carbocycles. The summed E-state index contributed by atoms with van der Waals surface area (Å²) in [5.41, 5.74) is 1.54. The lowest BCUT2D eigenvalue weighted by atomic mass is 10.1. The standard InChI is InChI=1S/C13H12N2O4S/c1-8-6-20-7-9(8)5-14-13(17)11-4-10(16)2-3-12(11)15(18)19/h2-4,6-7,16H,5H2,1H3,(H,14,17). The van der Waals surface area contributed by atoms with E-state index in [1.807, 2.05) is 17.7 Å². The fourth-order valence-corrected chi connectivity index (χ4v) is 2.56. The van der Waals surface area contributed by atoms with Crippen molar-refractivity contribution in [1.82, 2.24) is 5.32 Å². The molecule has 2 N–H and O–H groups in total. The molecule has 0 aliphatic rings. The van der Waals surface area contributed by atoms with Gasteiger partial charge in [0.15, 0.2) is 0 Å². The van der Waals surface area contributed by atoms with Crippen molar-refractivity contribution < 1.29 is 14.8 Å². The summed E-state index contributed by atoms with van der Waals surface area (Å²) in [6.45, 7) is 2.22. The van der Waals surface area contributed by atoms with Gasteiger partial charge in [-0.05, 0) is 40.9 Å². The van der Waals surface area contributed by atoms with Crippen LogP contribution in [0.2, 0.25) is 0 Å². The Bertz CT molecular complexity index is 666. The molecule has 1 aromatic heterocycles. The first-order valence-corrected chi connectivity index (χ1v) is 6.70. The lowest BCUT2D eigenvalue weighted by Crippen LogP contribution is -2.23. The molecule has 1 heterocycles. The van der Waals surface area contributed by atoms with Gasteiger partial charge in [-0.2, -0.15) is 11.3 Å². The maximum absolute atomic E-state index is 12.0. The van der Waals surface area contributed by atoms with Gasteiger partial charge in [0.2, 0.25) is 0 Å². The zero-order chi connectivity index (χ0) is 14.7. The highest BCUT2D eigenvalue weighted by Crippen LogP contribution is 2.23. The van der Waals surface area contributed by atoms with Crippen molar-refractivity contribution in [3.63, 3.8) is 0 Å². The number of nitro groups is 1. The molecule has 0 radical (unpaired) electrons. The van der Waals surface area contributed by atoms with E-state index in [2.05, 4.69) is 5.32 Å². The smallest absolute Gasteiger partial charge is 0.282 e. The highest BCUT2D eigenvalue weighted by atomic mass is 32.1. The number of carbonyl (C=O) groups is 1. The average Bonchev–Trinajstić information content (AvgIpc) is 2.81. The van der Waals surface area contributed by atoms with Gasteiger partial charge in [-0.3, -0.25) is 14.9 Å². The Morgan fingerprint density at radius 3 is 2.80 bits per heavy atom. The molecule has 0 fully saturated rings. The third-order valence-electron chi connectivity index (χ3n) is 2.82. The lowest BCUT2D eigenvalue weighted by molar-refractivity contribution is -0.385. The fourth-order valence-electron chi connectivity index (χ4n) is 1.70. The predicted molar refractivity (Wildman–Crippen MR) is 75.0 cm³/mol. The summed E-state index contributed by atoms with van der Waals surface area (Å²) in [5, 5.41) is 26.7. The average molecular weight is 292 g/mol. The first-order valence-electron chi connectivity index (χ1n) is 5.76. The van der Waals surface area contributed by atoms with E-state index >= 15 is 0 Å². The third-order valence-corrected chi connectivity index (χ3v) is 3.73. The summed E-state index contributed by atoms with van der Waals surface area (Å²) >= 11 is 1.52. The van der Waals surface area contributed by atoms with E-state index in [9.17, 15) is 20.0 Å². The van der Waals surface area contributed by atoms with Crippen molar-refractivity contribution in [2.24, 2.45) is 0 Å². The SMILES string of the molecule is Cc1cscc1CNC(=O)c1cc(O)ccc1[N+](=O)[O-]. The monoisotopic (exact) mass is 292 g/mol. The number of aromatic hydroxyl groups is 1. The van der Waals surface area contributed by atoms with Crippen LogP contribution < -0.4 is 5.32 Å². The second kappa shape index (κ2) is 5.70. The zero-order valence-electron chi connectivity index (χ0n) is 10.6. The van der Waals surface area contributed by atoms with Crippen LogP contribution in [0.1, 0.15) is 21.5 Å². The molecule has 6 nitrogen and oxygen atoms in total. The Kier molecular flexibility index (Phi) is 3.99. The van der Waals surface area contributed by atoms with Crippen LogP contribution in [0.5, 0.6) is 5.75 Å². The minimum Gasteiger partial charge on any atom is -0.508 e. The van der Waals surface area contributed by atoms with Crippen molar-refractivity contribution in [2.75, 3.05) is 0 Å².